The van der Waals surface area contributed by atoms with Gasteiger partial charge >= 0.3 is 0 Å². The van der Waals surface area contributed by atoms with E-state index in [-0.39, 0.29) is 29.2 Å². The Kier molecular flexibility index (Phi) is 6.66. The second-order valence-corrected chi connectivity index (χ2v) is 8.51. The van der Waals surface area contributed by atoms with Gasteiger partial charge in [0, 0.05) is 44.1 Å². The Morgan fingerprint density at radius 2 is 1.82 bits per heavy atom. The molecular formula is C24H28N6O3. The van der Waals surface area contributed by atoms with Gasteiger partial charge < -0.3 is 26.0 Å². The minimum atomic E-state index is -0.193. The van der Waals surface area contributed by atoms with Gasteiger partial charge in [-0.15, -0.1) is 0 Å². The van der Waals surface area contributed by atoms with Gasteiger partial charge in [-0.05, 0) is 55.4 Å². The number of nitriles is 1. The predicted molar refractivity (Wildman–Crippen MR) is 126 cm³/mol. The maximum Gasteiger partial charge on any atom is 0.236 e. The van der Waals surface area contributed by atoms with E-state index in [9.17, 15) is 14.7 Å². The summed E-state index contributed by atoms with van der Waals surface area (Å²) in [5.41, 5.74) is 8.14. The third kappa shape index (κ3) is 5.35. The van der Waals surface area contributed by atoms with Crippen LogP contribution in [0.4, 0.5) is 17.1 Å². The number of anilines is 3. The topological polar surface area (TPSA) is 126 Å². The van der Waals surface area contributed by atoms with Crippen LogP contribution in [0, 0.1) is 17.2 Å². The van der Waals surface area contributed by atoms with Crippen molar-refractivity contribution in [3.8, 4) is 11.8 Å². The minimum Gasteiger partial charge on any atom is -0.506 e. The van der Waals surface area contributed by atoms with Crippen LogP contribution in [0.1, 0.15) is 12.0 Å². The zero-order valence-electron chi connectivity index (χ0n) is 18.4. The Hall–Kier alpha value is -3.77. The molecule has 2 fully saturated rings. The molecule has 172 valence electrons. The van der Waals surface area contributed by atoms with E-state index in [1.54, 1.807) is 6.07 Å². The number of rotatable bonds is 5. The second-order valence-electron chi connectivity index (χ2n) is 8.51. The Balaban J connectivity index is 1.23. The van der Waals surface area contributed by atoms with Crippen LogP contribution in [0.15, 0.2) is 42.5 Å². The molecule has 2 aliphatic heterocycles. The Morgan fingerprint density at radius 1 is 1.09 bits per heavy atom. The molecule has 33 heavy (non-hydrogen) atoms. The number of nitrogens with two attached hydrogens (primary N) is 1. The van der Waals surface area contributed by atoms with Crippen LogP contribution in [-0.4, -0.2) is 72.5 Å². The summed E-state index contributed by atoms with van der Waals surface area (Å²) in [7, 11) is 0. The summed E-state index contributed by atoms with van der Waals surface area (Å²) in [4.78, 5) is 31.5. The molecule has 4 N–H and O–H groups in total. The molecule has 0 spiro atoms. The summed E-state index contributed by atoms with van der Waals surface area (Å²) in [6.07, 6.45) is 0.694. The number of nitrogen functional groups attached to an aromatic ring is 1. The lowest BCUT2D eigenvalue weighted by atomic mass is 10.1. The Morgan fingerprint density at radius 3 is 2.48 bits per heavy atom. The molecule has 9 nitrogen and oxygen atoms in total. The molecule has 1 atom stereocenters. The van der Waals surface area contributed by atoms with Crippen molar-refractivity contribution in [1.82, 2.24) is 9.80 Å². The number of amides is 2. The first-order valence-corrected chi connectivity index (χ1v) is 11.1. The SMILES string of the molecule is N#Cc1ccc(N2CCN(C(=O)CN3CC[C@@H](C(=O)Nc4ccc(O)c(N)c4)C3)CC2)cc1. The molecule has 4 rings (SSSR count). The number of nitrogens with zero attached hydrogens (tertiary/aromatic N) is 4. The molecule has 0 bridgehead atoms. The number of carbonyl (C=O) groups is 2. The van der Waals surface area contributed by atoms with E-state index in [1.165, 1.54) is 12.1 Å². The lowest BCUT2D eigenvalue weighted by molar-refractivity contribution is -0.132. The lowest BCUT2D eigenvalue weighted by Crippen LogP contribution is -2.51. The van der Waals surface area contributed by atoms with E-state index >= 15 is 0 Å². The van der Waals surface area contributed by atoms with Crippen molar-refractivity contribution in [2.75, 3.05) is 61.8 Å². The van der Waals surface area contributed by atoms with Gasteiger partial charge in [-0.3, -0.25) is 14.5 Å². The van der Waals surface area contributed by atoms with E-state index in [0.717, 1.165) is 18.8 Å². The minimum absolute atomic E-state index is 0.0173. The van der Waals surface area contributed by atoms with E-state index in [2.05, 4.69) is 16.3 Å². The third-order valence-corrected chi connectivity index (χ3v) is 6.29. The smallest absolute Gasteiger partial charge is 0.236 e. The van der Waals surface area contributed by atoms with E-state index in [1.807, 2.05) is 34.1 Å². The first kappa shape index (κ1) is 22.4. The van der Waals surface area contributed by atoms with Crippen LogP contribution in [0.2, 0.25) is 0 Å². The van der Waals surface area contributed by atoms with Crippen LogP contribution in [0.5, 0.6) is 5.75 Å². The number of likely N-dealkylation sites (tertiary alicyclic amines) is 1. The standard InChI is InChI=1S/C24H28N6O3/c25-14-17-1-4-20(5-2-17)29-9-11-30(12-10-29)23(32)16-28-8-7-18(15-28)24(33)27-19-3-6-22(31)21(26)13-19/h1-6,13,18,31H,7-12,15-16,26H2,(H,27,33)/t18-/m1/s1. The van der Waals surface area contributed by atoms with E-state index < -0.39 is 0 Å². The summed E-state index contributed by atoms with van der Waals surface area (Å²) in [5, 5.41) is 21.3. The molecule has 2 amide bonds. The first-order valence-electron chi connectivity index (χ1n) is 11.1. The molecular weight excluding hydrogens is 420 g/mol. The van der Waals surface area contributed by atoms with Crippen LogP contribution in [0.25, 0.3) is 0 Å². The second kappa shape index (κ2) is 9.79. The Bertz CT molecular complexity index is 1060. The van der Waals surface area contributed by atoms with Crippen LogP contribution in [-0.2, 0) is 9.59 Å². The number of hydrogen-bond acceptors (Lipinski definition) is 7. The maximum atomic E-state index is 12.8. The molecule has 2 aromatic carbocycles. The highest BCUT2D eigenvalue weighted by Gasteiger charge is 2.31. The molecule has 2 aromatic rings. The quantitative estimate of drug-likeness (QED) is 0.359. The largest absolute Gasteiger partial charge is 0.506 e. The van der Waals surface area contributed by atoms with Gasteiger partial charge in [0.15, 0.2) is 0 Å². The highest BCUT2D eigenvalue weighted by Crippen LogP contribution is 2.25. The van der Waals surface area contributed by atoms with Crippen molar-refractivity contribution in [3.63, 3.8) is 0 Å². The fourth-order valence-electron chi connectivity index (χ4n) is 4.32. The van der Waals surface area contributed by atoms with Gasteiger partial charge in [-0.2, -0.15) is 5.26 Å². The number of phenolic OH excluding ortho intramolecular Hbond substituents is 1. The van der Waals surface area contributed by atoms with Gasteiger partial charge in [-0.1, -0.05) is 0 Å². The van der Waals surface area contributed by atoms with E-state index in [0.29, 0.717) is 50.4 Å². The molecule has 9 heteroatoms. The van der Waals surface area contributed by atoms with Crippen LogP contribution < -0.4 is 16.0 Å². The highest BCUT2D eigenvalue weighted by molar-refractivity contribution is 5.93. The molecule has 0 aromatic heterocycles. The summed E-state index contributed by atoms with van der Waals surface area (Å²) < 4.78 is 0. The van der Waals surface area contributed by atoms with Crippen molar-refractivity contribution >= 4 is 28.9 Å². The molecule has 0 radical (unpaired) electrons. The summed E-state index contributed by atoms with van der Waals surface area (Å²) in [6.45, 7) is 4.35. The van der Waals surface area contributed by atoms with Crippen molar-refractivity contribution in [2.24, 2.45) is 5.92 Å². The summed E-state index contributed by atoms with van der Waals surface area (Å²) in [6, 6.07) is 14.2. The maximum absolute atomic E-state index is 12.8. The van der Waals surface area contributed by atoms with Crippen LogP contribution in [0.3, 0.4) is 0 Å². The normalized spacial score (nSPS) is 18.7. The van der Waals surface area contributed by atoms with Gasteiger partial charge in [-0.25, -0.2) is 0 Å². The monoisotopic (exact) mass is 448 g/mol. The van der Waals surface area contributed by atoms with Gasteiger partial charge in [0.2, 0.25) is 11.8 Å². The van der Waals surface area contributed by atoms with E-state index in [4.69, 9.17) is 11.0 Å². The lowest BCUT2D eigenvalue weighted by Gasteiger charge is -2.36. The Labute approximate surface area is 193 Å². The summed E-state index contributed by atoms with van der Waals surface area (Å²) in [5.74, 6) is -0.231. The number of benzene rings is 2. The number of piperazine rings is 1. The van der Waals surface area contributed by atoms with Crippen molar-refractivity contribution in [3.05, 3.63) is 48.0 Å². The van der Waals surface area contributed by atoms with Gasteiger partial charge in [0.25, 0.3) is 0 Å². The van der Waals surface area contributed by atoms with Gasteiger partial charge in [0.05, 0.1) is 29.8 Å². The molecule has 2 heterocycles. The fraction of sp³-hybridized carbons (Fsp3) is 0.375. The van der Waals surface area contributed by atoms with Crippen molar-refractivity contribution in [2.45, 2.75) is 6.42 Å². The molecule has 2 aliphatic rings. The number of phenols is 1. The van der Waals surface area contributed by atoms with Crippen LogP contribution >= 0.6 is 0 Å². The molecule has 2 saturated heterocycles. The zero-order chi connectivity index (χ0) is 23.4. The first-order chi connectivity index (χ1) is 15.9. The number of aromatic hydroxyl groups is 1. The van der Waals surface area contributed by atoms with Crippen molar-refractivity contribution < 1.29 is 14.7 Å². The molecule has 0 aliphatic carbocycles. The third-order valence-electron chi connectivity index (χ3n) is 6.29. The zero-order valence-corrected chi connectivity index (χ0v) is 18.4. The number of nitrogens with one attached hydrogen (secondary N) is 1. The average molecular weight is 449 g/mol. The van der Waals surface area contributed by atoms with Gasteiger partial charge in [0.1, 0.15) is 5.75 Å². The summed E-state index contributed by atoms with van der Waals surface area (Å²) >= 11 is 0. The molecule has 0 unspecified atom stereocenters. The van der Waals surface area contributed by atoms with Crippen molar-refractivity contribution in [1.29, 1.82) is 5.26 Å². The predicted octanol–water partition coefficient (Wildman–Crippen LogP) is 1.46. The average Bonchev–Trinajstić information content (AvgIpc) is 3.30. The highest BCUT2D eigenvalue weighted by atomic mass is 16.3. The fourth-order valence-corrected chi connectivity index (χ4v) is 4.32. The number of carbonyl (C=O) groups excluding carboxylic acids is 2. The molecule has 0 saturated carbocycles. The number of hydrogen-bond donors (Lipinski definition) is 3.